The Morgan fingerprint density at radius 3 is 2.26 bits per heavy atom. The molecule has 0 radical (unpaired) electrons. The van der Waals surface area contributed by atoms with Crippen LogP contribution in [0.15, 0.2) is 0 Å². The van der Waals surface area contributed by atoms with E-state index in [1.807, 2.05) is 6.92 Å². The van der Waals surface area contributed by atoms with Crippen LogP contribution in [-0.4, -0.2) is 29.5 Å². The van der Waals surface area contributed by atoms with Gasteiger partial charge in [0.15, 0.2) is 0 Å². The quantitative estimate of drug-likeness (QED) is 0.694. The molecule has 0 aliphatic heterocycles. The van der Waals surface area contributed by atoms with Gasteiger partial charge < -0.3 is 9.84 Å². The number of hydrogen-bond donors (Lipinski definition) is 1. The zero-order valence-electron chi connectivity index (χ0n) is 11.7. The molecular formula is C13H23F3O3. The van der Waals surface area contributed by atoms with Crippen LogP contribution in [0.25, 0.3) is 0 Å². The van der Waals surface area contributed by atoms with Gasteiger partial charge in [-0.05, 0) is 33.1 Å². The van der Waals surface area contributed by atoms with Crippen LogP contribution < -0.4 is 0 Å². The number of ether oxygens (including phenoxy) is 1. The number of rotatable bonds is 8. The minimum Gasteiger partial charge on any atom is -0.466 e. The van der Waals surface area contributed by atoms with Crippen molar-refractivity contribution < 1.29 is 27.8 Å². The van der Waals surface area contributed by atoms with Gasteiger partial charge in [-0.3, -0.25) is 4.79 Å². The fraction of sp³-hybridized carbons (Fsp3) is 0.923. The summed E-state index contributed by atoms with van der Waals surface area (Å²) in [6.07, 6.45) is -4.41. The zero-order chi connectivity index (χ0) is 15.1. The molecule has 0 amide bonds. The molecule has 0 aromatic carbocycles. The van der Waals surface area contributed by atoms with Crippen molar-refractivity contribution in [2.45, 2.75) is 64.7 Å². The maximum absolute atomic E-state index is 12.1. The van der Waals surface area contributed by atoms with Crippen LogP contribution in [0.1, 0.15) is 52.9 Å². The van der Waals surface area contributed by atoms with Crippen molar-refractivity contribution in [1.82, 2.24) is 0 Å². The minimum absolute atomic E-state index is 0.0734. The zero-order valence-corrected chi connectivity index (χ0v) is 11.7. The van der Waals surface area contributed by atoms with Gasteiger partial charge in [-0.2, -0.15) is 13.2 Å². The van der Waals surface area contributed by atoms with Crippen LogP contribution in [0.2, 0.25) is 0 Å². The lowest BCUT2D eigenvalue weighted by atomic mass is 9.82. The summed E-state index contributed by atoms with van der Waals surface area (Å²) in [5.41, 5.74) is -1.46. The number of esters is 1. The van der Waals surface area contributed by atoms with Gasteiger partial charge in [0.25, 0.3) is 0 Å². The van der Waals surface area contributed by atoms with Crippen LogP contribution in [0, 0.1) is 5.92 Å². The number of carbonyl (C=O) groups excluding carboxylic acids is 1. The van der Waals surface area contributed by atoms with Crippen molar-refractivity contribution in [3.05, 3.63) is 0 Å². The predicted octanol–water partition coefficient (Wildman–Crippen LogP) is 3.45. The largest absolute Gasteiger partial charge is 0.466 e. The number of halogens is 3. The monoisotopic (exact) mass is 284 g/mol. The Morgan fingerprint density at radius 2 is 1.84 bits per heavy atom. The molecule has 0 aliphatic rings. The molecule has 0 rings (SSSR count). The van der Waals surface area contributed by atoms with E-state index in [-0.39, 0.29) is 19.4 Å². The van der Waals surface area contributed by atoms with Gasteiger partial charge >= 0.3 is 12.1 Å². The molecule has 0 saturated heterocycles. The van der Waals surface area contributed by atoms with E-state index in [9.17, 15) is 23.1 Å². The molecule has 2 atom stereocenters. The minimum atomic E-state index is -4.24. The fourth-order valence-electron chi connectivity index (χ4n) is 2.04. The molecule has 0 fully saturated rings. The summed E-state index contributed by atoms with van der Waals surface area (Å²) >= 11 is 0. The molecule has 0 spiro atoms. The van der Waals surface area contributed by atoms with Crippen molar-refractivity contribution in [3.8, 4) is 0 Å². The Balaban J connectivity index is 4.55. The molecule has 114 valence electrons. The molecule has 0 aromatic heterocycles. The fourth-order valence-corrected chi connectivity index (χ4v) is 2.04. The average molecular weight is 284 g/mol. The highest BCUT2D eigenvalue weighted by atomic mass is 19.4. The summed E-state index contributed by atoms with van der Waals surface area (Å²) in [6, 6.07) is 0. The summed E-state index contributed by atoms with van der Waals surface area (Å²) in [5, 5.41) is 10.2. The van der Waals surface area contributed by atoms with Crippen molar-refractivity contribution in [2.24, 2.45) is 5.92 Å². The van der Waals surface area contributed by atoms with E-state index in [2.05, 4.69) is 0 Å². The molecule has 3 nitrogen and oxygen atoms in total. The van der Waals surface area contributed by atoms with Crippen molar-refractivity contribution in [1.29, 1.82) is 0 Å². The van der Waals surface area contributed by atoms with Gasteiger partial charge in [-0.25, -0.2) is 0 Å². The summed E-state index contributed by atoms with van der Waals surface area (Å²) in [5.74, 6) is -1.31. The van der Waals surface area contributed by atoms with Gasteiger partial charge in [0.1, 0.15) is 0 Å². The molecule has 6 heteroatoms. The van der Waals surface area contributed by atoms with Gasteiger partial charge in [0, 0.05) is 6.42 Å². The van der Waals surface area contributed by atoms with Gasteiger partial charge in [0.05, 0.1) is 18.1 Å². The van der Waals surface area contributed by atoms with E-state index in [1.165, 1.54) is 6.92 Å². The first-order valence-electron chi connectivity index (χ1n) is 6.59. The molecule has 0 aliphatic carbocycles. The first kappa shape index (κ1) is 18.2. The highest BCUT2D eigenvalue weighted by molar-refractivity contribution is 5.73. The normalized spacial score (nSPS) is 16.8. The van der Waals surface area contributed by atoms with E-state index in [0.29, 0.717) is 12.8 Å². The van der Waals surface area contributed by atoms with Gasteiger partial charge in [-0.1, -0.05) is 13.3 Å². The van der Waals surface area contributed by atoms with E-state index < -0.39 is 30.1 Å². The number of alkyl halides is 3. The third-order valence-electron chi connectivity index (χ3n) is 3.04. The van der Waals surface area contributed by atoms with E-state index in [1.54, 1.807) is 6.92 Å². The highest BCUT2D eigenvalue weighted by Crippen LogP contribution is 2.31. The Bertz CT molecular complexity index is 275. The molecule has 0 bridgehead atoms. The Morgan fingerprint density at radius 1 is 1.26 bits per heavy atom. The van der Waals surface area contributed by atoms with E-state index >= 15 is 0 Å². The first-order valence-corrected chi connectivity index (χ1v) is 6.59. The summed E-state index contributed by atoms with van der Waals surface area (Å²) in [4.78, 5) is 11.7. The molecule has 0 heterocycles. The van der Waals surface area contributed by atoms with E-state index in [0.717, 1.165) is 0 Å². The molecule has 0 aromatic rings. The van der Waals surface area contributed by atoms with Crippen LogP contribution in [0.3, 0.4) is 0 Å². The van der Waals surface area contributed by atoms with Crippen molar-refractivity contribution in [3.63, 3.8) is 0 Å². The van der Waals surface area contributed by atoms with Crippen molar-refractivity contribution >= 4 is 5.97 Å². The molecular weight excluding hydrogens is 261 g/mol. The predicted molar refractivity (Wildman–Crippen MR) is 65.6 cm³/mol. The Kier molecular flexibility index (Phi) is 7.41. The SMILES string of the molecule is CCCC(C(=O)OCC)C(C)(O)CCCC(F)(F)F. The number of aliphatic hydroxyl groups is 1. The molecule has 2 unspecified atom stereocenters. The first-order chi connectivity index (χ1) is 8.64. The van der Waals surface area contributed by atoms with Crippen LogP contribution in [0.5, 0.6) is 0 Å². The number of hydrogen-bond acceptors (Lipinski definition) is 3. The maximum Gasteiger partial charge on any atom is 0.389 e. The Hall–Kier alpha value is -0.780. The maximum atomic E-state index is 12.1. The van der Waals surface area contributed by atoms with Gasteiger partial charge in [-0.15, -0.1) is 0 Å². The lowest BCUT2D eigenvalue weighted by Gasteiger charge is -2.31. The lowest BCUT2D eigenvalue weighted by Crippen LogP contribution is -2.40. The smallest absolute Gasteiger partial charge is 0.389 e. The third-order valence-corrected chi connectivity index (χ3v) is 3.04. The van der Waals surface area contributed by atoms with Crippen LogP contribution >= 0.6 is 0 Å². The second kappa shape index (κ2) is 7.72. The van der Waals surface area contributed by atoms with Crippen LogP contribution in [0.4, 0.5) is 13.2 Å². The third kappa shape index (κ3) is 7.40. The molecule has 1 N–H and O–H groups in total. The second-order valence-corrected chi connectivity index (χ2v) is 4.92. The van der Waals surface area contributed by atoms with Crippen LogP contribution in [-0.2, 0) is 9.53 Å². The van der Waals surface area contributed by atoms with E-state index in [4.69, 9.17) is 4.74 Å². The molecule has 19 heavy (non-hydrogen) atoms. The number of carbonyl (C=O) groups is 1. The lowest BCUT2D eigenvalue weighted by molar-refractivity contribution is -0.159. The summed E-state index contributed by atoms with van der Waals surface area (Å²) < 4.78 is 41.1. The Labute approximate surface area is 112 Å². The van der Waals surface area contributed by atoms with Gasteiger partial charge in [0.2, 0.25) is 0 Å². The average Bonchev–Trinajstić information content (AvgIpc) is 2.23. The summed E-state index contributed by atoms with van der Waals surface area (Å²) in [6.45, 7) is 5.09. The highest BCUT2D eigenvalue weighted by Gasteiger charge is 2.38. The molecule has 0 saturated carbocycles. The topological polar surface area (TPSA) is 46.5 Å². The standard InChI is InChI=1S/C13H23F3O3/c1-4-7-10(11(17)19-5-2)12(3,18)8-6-9-13(14,15)16/h10,18H,4-9H2,1-3H3. The van der Waals surface area contributed by atoms with Crippen molar-refractivity contribution in [2.75, 3.05) is 6.61 Å². The second-order valence-electron chi connectivity index (χ2n) is 4.92. The summed E-state index contributed by atoms with van der Waals surface area (Å²) in [7, 11) is 0.